The maximum Gasteiger partial charge on any atom is 0.110 e. The van der Waals surface area contributed by atoms with Crippen LogP contribution in [0, 0.1) is 0 Å². The van der Waals surface area contributed by atoms with Crippen LogP contribution in [0.4, 0.5) is 4.39 Å². The number of hydrogen-bond acceptors (Lipinski definition) is 3. The molecule has 2 nitrogen and oxygen atoms in total. The molecule has 0 aliphatic carbocycles. The van der Waals surface area contributed by atoms with Gasteiger partial charge in [0.2, 0.25) is 0 Å². The lowest BCUT2D eigenvalue weighted by Gasteiger charge is -2.32. The second-order valence-corrected chi connectivity index (χ2v) is 4.45. The normalized spacial score (nSPS) is 18.3. The van der Waals surface area contributed by atoms with Gasteiger partial charge in [0.1, 0.15) is 6.67 Å². The standard InChI is InChI=1S/C10H15FN2S.2ClH/c11-8-9(10-2-1-7-14-10)13-5-3-12-4-6-13;;/h1-2,7,9,12H,3-6,8H2;2*1H/t9-;;/m1../s1. The topological polar surface area (TPSA) is 15.3 Å². The van der Waals surface area contributed by atoms with Crippen molar-refractivity contribution >= 4 is 36.2 Å². The smallest absolute Gasteiger partial charge is 0.110 e. The summed E-state index contributed by atoms with van der Waals surface area (Å²) in [7, 11) is 0. The van der Waals surface area contributed by atoms with Crippen LogP contribution >= 0.6 is 36.2 Å². The molecule has 94 valence electrons. The Bertz CT molecular complexity index is 266. The van der Waals surface area contributed by atoms with Crippen molar-refractivity contribution in [2.75, 3.05) is 32.9 Å². The van der Waals surface area contributed by atoms with Crippen molar-refractivity contribution in [3.8, 4) is 0 Å². The zero-order valence-electron chi connectivity index (χ0n) is 8.89. The maximum atomic E-state index is 12.9. The first-order valence-electron chi connectivity index (χ1n) is 4.96. The molecule has 1 aromatic rings. The Morgan fingerprint density at radius 3 is 2.56 bits per heavy atom. The Morgan fingerprint density at radius 2 is 2.06 bits per heavy atom. The number of nitrogens with one attached hydrogen (secondary N) is 1. The number of thiophene rings is 1. The lowest BCUT2D eigenvalue weighted by Crippen LogP contribution is -2.45. The van der Waals surface area contributed by atoms with Crippen molar-refractivity contribution in [3.05, 3.63) is 22.4 Å². The van der Waals surface area contributed by atoms with E-state index in [0.29, 0.717) is 0 Å². The molecule has 0 radical (unpaired) electrons. The SMILES string of the molecule is Cl.Cl.FC[C@H](c1cccs1)N1CCNCC1. The van der Waals surface area contributed by atoms with E-state index in [4.69, 9.17) is 0 Å². The first-order valence-corrected chi connectivity index (χ1v) is 5.84. The van der Waals surface area contributed by atoms with E-state index in [1.165, 1.54) is 0 Å². The van der Waals surface area contributed by atoms with Gasteiger partial charge in [-0.05, 0) is 11.4 Å². The van der Waals surface area contributed by atoms with Gasteiger partial charge in [-0.15, -0.1) is 36.2 Å². The first kappa shape index (κ1) is 16.1. The number of nitrogens with zero attached hydrogens (tertiary/aromatic N) is 1. The highest BCUT2D eigenvalue weighted by molar-refractivity contribution is 7.10. The molecule has 1 aliphatic heterocycles. The molecule has 1 atom stereocenters. The Kier molecular flexibility index (Phi) is 8.32. The van der Waals surface area contributed by atoms with E-state index < -0.39 is 0 Å². The zero-order chi connectivity index (χ0) is 9.80. The van der Waals surface area contributed by atoms with Gasteiger partial charge in [-0.3, -0.25) is 4.90 Å². The molecule has 6 heteroatoms. The second-order valence-electron chi connectivity index (χ2n) is 3.47. The monoisotopic (exact) mass is 286 g/mol. The van der Waals surface area contributed by atoms with E-state index in [1.807, 2.05) is 17.5 Å². The molecule has 2 rings (SSSR count). The van der Waals surface area contributed by atoms with E-state index in [2.05, 4.69) is 10.2 Å². The summed E-state index contributed by atoms with van der Waals surface area (Å²) >= 11 is 1.65. The highest BCUT2D eigenvalue weighted by atomic mass is 35.5. The third-order valence-corrected chi connectivity index (χ3v) is 3.58. The minimum absolute atomic E-state index is 0. The first-order chi connectivity index (χ1) is 6.92. The van der Waals surface area contributed by atoms with Crippen molar-refractivity contribution < 1.29 is 4.39 Å². The van der Waals surface area contributed by atoms with Crippen LogP contribution in [-0.4, -0.2) is 37.8 Å². The van der Waals surface area contributed by atoms with Crippen molar-refractivity contribution in [2.45, 2.75) is 6.04 Å². The van der Waals surface area contributed by atoms with Gasteiger partial charge in [-0.2, -0.15) is 0 Å². The highest BCUT2D eigenvalue weighted by Gasteiger charge is 2.22. The van der Waals surface area contributed by atoms with Gasteiger partial charge >= 0.3 is 0 Å². The average Bonchev–Trinajstić information content (AvgIpc) is 2.74. The van der Waals surface area contributed by atoms with Gasteiger partial charge in [0.25, 0.3) is 0 Å². The Hall–Kier alpha value is 0.130. The molecule has 1 aliphatic rings. The summed E-state index contributed by atoms with van der Waals surface area (Å²) in [5.41, 5.74) is 0. The lowest BCUT2D eigenvalue weighted by atomic mass is 10.2. The maximum absolute atomic E-state index is 12.9. The summed E-state index contributed by atoms with van der Waals surface area (Å²) < 4.78 is 12.9. The molecule has 1 saturated heterocycles. The van der Waals surface area contributed by atoms with Crippen LogP contribution in [-0.2, 0) is 0 Å². The molecule has 16 heavy (non-hydrogen) atoms. The molecule has 1 fully saturated rings. The number of alkyl halides is 1. The van der Waals surface area contributed by atoms with Crippen LogP contribution < -0.4 is 5.32 Å². The van der Waals surface area contributed by atoms with E-state index in [-0.39, 0.29) is 37.5 Å². The minimum atomic E-state index is -0.277. The van der Waals surface area contributed by atoms with Gasteiger partial charge < -0.3 is 5.32 Å². The average molecular weight is 287 g/mol. The summed E-state index contributed by atoms with van der Waals surface area (Å²) in [5.74, 6) is 0. The van der Waals surface area contributed by atoms with Crippen LogP contribution in [0.1, 0.15) is 10.9 Å². The second kappa shape index (κ2) is 8.25. The van der Waals surface area contributed by atoms with Crippen LogP contribution in [0.3, 0.4) is 0 Å². The van der Waals surface area contributed by atoms with Crippen LogP contribution in [0.5, 0.6) is 0 Å². The summed E-state index contributed by atoms with van der Waals surface area (Å²) in [5, 5.41) is 5.29. The minimum Gasteiger partial charge on any atom is -0.314 e. The number of piperazine rings is 1. The Balaban J connectivity index is 0.00000112. The number of halogens is 3. The molecule has 0 unspecified atom stereocenters. The summed E-state index contributed by atoms with van der Waals surface area (Å²) in [6.07, 6.45) is 0. The van der Waals surface area contributed by atoms with Crippen molar-refractivity contribution in [1.82, 2.24) is 10.2 Å². The highest BCUT2D eigenvalue weighted by Crippen LogP contribution is 2.25. The zero-order valence-corrected chi connectivity index (χ0v) is 11.3. The van der Waals surface area contributed by atoms with Crippen molar-refractivity contribution in [1.29, 1.82) is 0 Å². The molecule has 1 N–H and O–H groups in total. The molecule has 0 aromatic carbocycles. The summed E-state index contributed by atoms with van der Waals surface area (Å²) in [6, 6.07) is 4.00. The van der Waals surface area contributed by atoms with Gasteiger partial charge in [-0.1, -0.05) is 6.07 Å². The van der Waals surface area contributed by atoms with Crippen LogP contribution in [0.2, 0.25) is 0 Å². The third-order valence-electron chi connectivity index (χ3n) is 2.61. The third kappa shape index (κ3) is 3.86. The molecular weight excluding hydrogens is 270 g/mol. The van der Waals surface area contributed by atoms with E-state index in [9.17, 15) is 4.39 Å². The van der Waals surface area contributed by atoms with Crippen molar-refractivity contribution in [3.63, 3.8) is 0 Å². The fourth-order valence-corrected chi connectivity index (χ4v) is 2.67. The predicted molar refractivity (Wildman–Crippen MR) is 72.0 cm³/mol. The Labute approximate surface area is 112 Å². The van der Waals surface area contributed by atoms with Crippen LogP contribution in [0.15, 0.2) is 17.5 Å². The fourth-order valence-electron chi connectivity index (χ4n) is 1.83. The molecule has 2 heterocycles. The van der Waals surface area contributed by atoms with E-state index >= 15 is 0 Å². The molecule has 0 saturated carbocycles. The quantitative estimate of drug-likeness (QED) is 0.919. The largest absolute Gasteiger partial charge is 0.314 e. The van der Waals surface area contributed by atoms with Gasteiger partial charge in [0, 0.05) is 31.1 Å². The van der Waals surface area contributed by atoms with E-state index in [0.717, 1.165) is 31.1 Å². The molecule has 0 amide bonds. The predicted octanol–water partition coefficient (Wildman–Crippen LogP) is 2.51. The molecular formula is C10H17Cl2FN2S. The van der Waals surface area contributed by atoms with Gasteiger partial charge in [-0.25, -0.2) is 4.39 Å². The molecule has 0 bridgehead atoms. The van der Waals surface area contributed by atoms with Gasteiger partial charge in [0.05, 0.1) is 6.04 Å². The molecule has 0 spiro atoms. The van der Waals surface area contributed by atoms with Crippen molar-refractivity contribution in [2.24, 2.45) is 0 Å². The number of rotatable bonds is 3. The fraction of sp³-hybridized carbons (Fsp3) is 0.600. The Morgan fingerprint density at radius 1 is 1.38 bits per heavy atom. The lowest BCUT2D eigenvalue weighted by molar-refractivity contribution is 0.150. The number of hydrogen-bond donors (Lipinski definition) is 1. The summed E-state index contributed by atoms with van der Waals surface area (Å²) in [4.78, 5) is 3.37. The van der Waals surface area contributed by atoms with E-state index in [1.54, 1.807) is 11.3 Å². The van der Waals surface area contributed by atoms with Gasteiger partial charge in [0.15, 0.2) is 0 Å². The summed E-state index contributed by atoms with van der Waals surface area (Å²) in [6.45, 7) is 3.57. The van der Waals surface area contributed by atoms with Crippen LogP contribution in [0.25, 0.3) is 0 Å². The molecule has 1 aromatic heterocycles.